The Balaban J connectivity index is 1.64. The Morgan fingerprint density at radius 1 is 1.09 bits per heavy atom. The van der Waals surface area contributed by atoms with Crippen LogP contribution in [0, 0.1) is 5.82 Å². The van der Waals surface area contributed by atoms with Crippen LogP contribution in [-0.4, -0.2) is 30.9 Å². The van der Waals surface area contributed by atoms with E-state index in [4.69, 9.17) is 0 Å². The second kappa shape index (κ2) is 9.06. The van der Waals surface area contributed by atoms with Crippen LogP contribution in [0.5, 0.6) is 0 Å². The smallest absolute Gasteiger partial charge is 0.221 e. The first-order valence-corrected chi connectivity index (χ1v) is 7.88. The van der Waals surface area contributed by atoms with Gasteiger partial charge in [-0.15, -0.1) is 0 Å². The molecule has 0 unspecified atom stereocenters. The van der Waals surface area contributed by atoms with Crippen LogP contribution in [0.15, 0.2) is 54.6 Å². The van der Waals surface area contributed by atoms with Gasteiger partial charge >= 0.3 is 0 Å². The van der Waals surface area contributed by atoms with E-state index in [9.17, 15) is 9.18 Å². The van der Waals surface area contributed by atoms with Crippen LogP contribution in [-0.2, 0) is 17.8 Å². The van der Waals surface area contributed by atoms with Crippen molar-refractivity contribution in [3.05, 3.63) is 71.5 Å². The summed E-state index contributed by atoms with van der Waals surface area (Å²) in [6.07, 6.45) is 0.957. The minimum atomic E-state index is -0.218. The Hall–Kier alpha value is -2.20. The molecule has 2 aromatic carbocycles. The Labute approximate surface area is 137 Å². The molecule has 0 saturated heterocycles. The van der Waals surface area contributed by atoms with Crippen LogP contribution < -0.4 is 5.32 Å². The van der Waals surface area contributed by atoms with Gasteiger partial charge in [0.2, 0.25) is 5.91 Å². The lowest BCUT2D eigenvalue weighted by molar-refractivity contribution is -0.121. The third-order valence-electron chi connectivity index (χ3n) is 3.69. The number of amides is 1. The molecule has 0 aliphatic carbocycles. The van der Waals surface area contributed by atoms with Crippen molar-refractivity contribution in [3.63, 3.8) is 0 Å². The number of carbonyl (C=O) groups is 1. The molecule has 1 amide bonds. The molecule has 4 heteroatoms. The fourth-order valence-electron chi connectivity index (χ4n) is 2.39. The zero-order chi connectivity index (χ0) is 16.5. The number of nitrogens with one attached hydrogen (secondary N) is 1. The number of nitrogens with zero attached hydrogens (tertiary/aromatic N) is 1. The molecule has 2 rings (SSSR count). The number of benzene rings is 2. The average molecular weight is 314 g/mol. The molecule has 0 bridgehead atoms. The highest BCUT2D eigenvalue weighted by Gasteiger charge is 2.06. The fraction of sp³-hybridized carbons (Fsp3) is 0.316. The molecule has 122 valence electrons. The first kappa shape index (κ1) is 17.2. The summed E-state index contributed by atoms with van der Waals surface area (Å²) in [7, 11) is 2.00. The molecule has 23 heavy (non-hydrogen) atoms. The summed E-state index contributed by atoms with van der Waals surface area (Å²) < 4.78 is 13.5. The van der Waals surface area contributed by atoms with Gasteiger partial charge in [0.15, 0.2) is 0 Å². The third-order valence-corrected chi connectivity index (χ3v) is 3.69. The van der Waals surface area contributed by atoms with Gasteiger partial charge in [-0.05, 0) is 30.7 Å². The zero-order valence-electron chi connectivity index (χ0n) is 13.5. The van der Waals surface area contributed by atoms with Gasteiger partial charge in [0.1, 0.15) is 5.82 Å². The van der Waals surface area contributed by atoms with E-state index >= 15 is 0 Å². The Morgan fingerprint density at radius 3 is 2.52 bits per heavy atom. The Bertz CT molecular complexity index is 616. The lowest BCUT2D eigenvalue weighted by atomic mass is 10.1. The van der Waals surface area contributed by atoms with Gasteiger partial charge in [-0.2, -0.15) is 0 Å². The summed E-state index contributed by atoms with van der Waals surface area (Å²) in [6.45, 7) is 1.98. The molecule has 0 heterocycles. The average Bonchev–Trinajstić information content (AvgIpc) is 2.56. The number of rotatable bonds is 8. The monoisotopic (exact) mass is 314 g/mol. The van der Waals surface area contributed by atoms with Gasteiger partial charge in [0, 0.05) is 26.1 Å². The number of halogens is 1. The third kappa shape index (κ3) is 6.20. The van der Waals surface area contributed by atoms with Crippen molar-refractivity contribution in [2.45, 2.75) is 19.4 Å². The molecule has 3 nitrogen and oxygen atoms in total. The maximum atomic E-state index is 13.5. The molecule has 0 spiro atoms. The van der Waals surface area contributed by atoms with Crippen molar-refractivity contribution in [3.8, 4) is 0 Å². The van der Waals surface area contributed by atoms with Crippen LogP contribution in [0.25, 0.3) is 0 Å². The summed E-state index contributed by atoms with van der Waals surface area (Å²) in [4.78, 5) is 14.0. The van der Waals surface area contributed by atoms with Gasteiger partial charge in [-0.1, -0.05) is 48.5 Å². The summed E-state index contributed by atoms with van der Waals surface area (Å²) >= 11 is 0. The molecule has 0 aliphatic heterocycles. The van der Waals surface area contributed by atoms with Gasteiger partial charge in [-0.3, -0.25) is 4.79 Å². The predicted octanol–water partition coefficient (Wildman–Crippen LogP) is 3.01. The Kier molecular flexibility index (Phi) is 6.76. The highest BCUT2D eigenvalue weighted by atomic mass is 19.1. The van der Waals surface area contributed by atoms with E-state index in [1.807, 2.05) is 25.2 Å². The number of hydrogen-bond donors (Lipinski definition) is 1. The van der Waals surface area contributed by atoms with Crippen molar-refractivity contribution in [2.75, 3.05) is 20.1 Å². The normalized spacial score (nSPS) is 10.7. The van der Waals surface area contributed by atoms with E-state index in [0.29, 0.717) is 31.5 Å². The minimum Gasteiger partial charge on any atom is -0.356 e. The molecule has 0 aromatic heterocycles. The van der Waals surface area contributed by atoms with Crippen LogP contribution in [0.1, 0.15) is 17.5 Å². The van der Waals surface area contributed by atoms with Crippen LogP contribution in [0.3, 0.4) is 0 Å². The molecular formula is C19H23FN2O. The molecule has 1 N–H and O–H groups in total. The first-order chi connectivity index (χ1) is 11.1. The van der Waals surface area contributed by atoms with Gasteiger partial charge in [0.05, 0.1) is 0 Å². The number of carbonyl (C=O) groups excluding carboxylic acids is 1. The van der Waals surface area contributed by atoms with E-state index in [1.54, 1.807) is 18.2 Å². The minimum absolute atomic E-state index is 0.00116. The van der Waals surface area contributed by atoms with Crippen LogP contribution in [0.4, 0.5) is 4.39 Å². The standard InChI is InChI=1S/C19H23FN2O/c1-22(15-16-7-3-2-4-8-16)14-12-19(23)21-13-11-17-9-5-6-10-18(17)20/h2-10H,11-15H2,1H3,(H,21,23). The van der Waals surface area contributed by atoms with Crippen molar-refractivity contribution < 1.29 is 9.18 Å². The van der Waals surface area contributed by atoms with Crippen LogP contribution >= 0.6 is 0 Å². The Morgan fingerprint density at radius 2 is 1.78 bits per heavy atom. The van der Waals surface area contributed by atoms with E-state index in [2.05, 4.69) is 22.3 Å². The molecule has 2 aromatic rings. The SMILES string of the molecule is CN(CCC(=O)NCCc1ccccc1F)Cc1ccccc1. The van der Waals surface area contributed by atoms with Gasteiger partial charge in [0.25, 0.3) is 0 Å². The molecule has 0 radical (unpaired) electrons. The predicted molar refractivity (Wildman–Crippen MR) is 90.5 cm³/mol. The van der Waals surface area contributed by atoms with Gasteiger partial charge in [-0.25, -0.2) is 4.39 Å². The van der Waals surface area contributed by atoms with Crippen molar-refractivity contribution in [1.29, 1.82) is 0 Å². The summed E-state index contributed by atoms with van der Waals surface area (Å²) in [5, 5.41) is 2.85. The van der Waals surface area contributed by atoms with E-state index < -0.39 is 0 Å². The number of hydrogen-bond acceptors (Lipinski definition) is 2. The summed E-state index contributed by atoms with van der Waals surface area (Å²) in [5.41, 5.74) is 1.86. The second-order valence-corrected chi connectivity index (χ2v) is 5.66. The van der Waals surface area contributed by atoms with Gasteiger partial charge < -0.3 is 10.2 Å². The quantitative estimate of drug-likeness (QED) is 0.812. The summed E-state index contributed by atoms with van der Waals surface area (Å²) in [5.74, 6) is -0.217. The fourth-order valence-corrected chi connectivity index (χ4v) is 2.39. The highest BCUT2D eigenvalue weighted by molar-refractivity contribution is 5.76. The lowest BCUT2D eigenvalue weighted by Gasteiger charge is -2.16. The lowest BCUT2D eigenvalue weighted by Crippen LogP contribution is -2.30. The van der Waals surface area contributed by atoms with E-state index in [-0.39, 0.29) is 11.7 Å². The zero-order valence-corrected chi connectivity index (χ0v) is 13.5. The molecule has 0 aliphatic rings. The molecule has 0 saturated carbocycles. The van der Waals surface area contributed by atoms with Crippen molar-refractivity contribution >= 4 is 5.91 Å². The second-order valence-electron chi connectivity index (χ2n) is 5.66. The maximum Gasteiger partial charge on any atom is 0.221 e. The van der Waals surface area contributed by atoms with E-state index in [0.717, 1.165) is 6.54 Å². The summed E-state index contributed by atoms with van der Waals surface area (Å²) in [6, 6.07) is 16.8. The van der Waals surface area contributed by atoms with Crippen molar-refractivity contribution in [2.24, 2.45) is 0 Å². The first-order valence-electron chi connectivity index (χ1n) is 7.88. The van der Waals surface area contributed by atoms with E-state index in [1.165, 1.54) is 11.6 Å². The largest absolute Gasteiger partial charge is 0.356 e. The van der Waals surface area contributed by atoms with Crippen LogP contribution in [0.2, 0.25) is 0 Å². The highest BCUT2D eigenvalue weighted by Crippen LogP contribution is 2.06. The van der Waals surface area contributed by atoms with Crippen molar-refractivity contribution in [1.82, 2.24) is 10.2 Å². The molecule has 0 atom stereocenters. The maximum absolute atomic E-state index is 13.5. The molecule has 0 fully saturated rings. The molecular weight excluding hydrogens is 291 g/mol. The topological polar surface area (TPSA) is 32.3 Å².